The molecule has 0 fully saturated rings. The molecule has 0 saturated carbocycles. The van der Waals surface area contributed by atoms with Gasteiger partial charge < -0.3 is 10.4 Å². The number of rotatable bonds is 4. The van der Waals surface area contributed by atoms with Gasteiger partial charge in [-0.25, -0.2) is 4.79 Å². The number of anilines is 2. The van der Waals surface area contributed by atoms with Crippen LogP contribution in [0.3, 0.4) is 0 Å². The first-order valence-corrected chi connectivity index (χ1v) is 6.99. The summed E-state index contributed by atoms with van der Waals surface area (Å²) in [5.74, 6) is -1.10. The number of benzene rings is 2. The molecule has 104 valence electrons. The summed E-state index contributed by atoms with van der Waals surface area (Å²) < 4.78 is 31.1. The molecule has 0 saturated heterocycles. The van der Waals surface area contributed by atoms with E-state index in [1.165, 1.54) is 24.3 Å². The zero-order chi connectivity index (χ0) is 14.8. The fourth-order valence-corrected chi connectivity index (χ4v) is 2.19. The minimum Gasteiger partial charge on any atom is -0.478 e. The van der Waals surface area contributed by atoms with Gasteiger partial charge in [0.1, 0.15) is 0 Å². The van der Waals surface area contributed by atoms with Crippen LogP contribution in [0.1, 0.15) is 10.4 Å². The first-order chi connectivity index (χ1) is 9.38. The van der Waals surface area contributed by atoms with Crippen LogP contribution in [0.25, 0.3) is 0 Å². The standard InChI is InChI=1S/C13H11NO5S/c15-13(16)11-6-1-2-7-12(11)14-9-4-3-5-10(8-9)20(17,18)19/h1-8,14H,(H,15,16)(H,17,18,19). The Bertz CT molecular complexity index is 755. The number of hydrogen-bond acceptors (Lipinski definition) is 4. The van der Waals surface area contributed by atoms with Gasteiger partial charge in [0, 0.05) is 5.69 Å². The van der Waals surface area contributed by atoms with Crippen LogP contribution in [0, 0.1) is 0 Å². The zero-order valence-electron chi connectivity index (χ0n) is 10.1. The normalized spacial score (nSPS) is 11.1. The minimum absolute atomic E-state index is 0.0600. The van der Waals surface area contributed by atoms with Crippen molar-refractivity contribution in [2.75, 3.05) is 5.32 Å². The van der Waals surface area contributed by atoms with Crippen molar-refractivity contribution in [3.05, 3.63) is 54.1 Å². The molecule has 7 heteroatoms. The Morgan fingerprint density at radius 3 is 2.40 bits per heavy atom. The number of para-hydroxylation sites is 1. The molecule has 0 bridgehead atoms. The van der Waals surface area contributed by atoms with Crippen LogP contribution in [0.15, 0.2) is 53.4 Å². The average molecular weight is 293 g/mol. The van der Waals surface area contributed by atoms with Crippen molar-refractivity contribution >= 4 is 27.5 Å². The summed E-state index contributed by atoms with van der Waals surface area (Å²) >= 11 is 0. The Hall–Kier alpha value is -2.38. The molecular formula is C13H11NO5S. The summed E-state index contributed by atoms with van der Waals surface area (Å²) in [6.45, 7) is 0. The van der Waals surface area contributed by atoms with Crippen molar-refractivity contribution in [2.45, 2.75) is 4.90 Å². The fourth-order valence-electron chi connectivity index (χ4n) is 1.67. The van der Waals surface area contributed by atoms with Crippen molar-refractivity contribution in [3.63, 3.8) is 0 Å². The molecule has 0 radical (unpaired) electrons. The van der Waals surface area contributed by atoms with E-state index in [4.69, 9.17) is 9.66 Å². The Kier molecular flexibility index (Phi) is 3.73. The number of aromatic carboxylic acids is 1. The van der Waals surface area contributed by atoms with Gasteiger partial charge in [-0.05, 0) is 30.3 Å². The third kappa shape index (κ3) is 3.14. The molecule has 0 aliphatic rings. The van der Waals surface area contributed by atoms with Gasteiger partial charge in [0.25, 0.3) is 10.1 Å². The molecule has 0 aromatic heterocycles. The maximum atomic E-state index is 11.1. The quantitative estimate of drug-likeness (QED) is 0.748. The van der Waals surface area contributed by atoms with Gasteiger partial charge in [-0.2, -0.15) is 8.42 Å². The highest BCUT2D eigenvalue weighted by Gasteiger charge is 2.12. The van der Waals surface area contributed by atoms with Crippen molar-refractivity contribution in [1.29, 1.82) is 0 Å². The second-order valence-corrected chi connectivity index (χ2v) is 5.40. The van der Waals surface area contributed by atoms with Crippen LogP contribution in [-0.4, -0.2) is 24.0 Å². The van der Waals surface area contributed by atoms with Gasteiger partial charge in [-0.1, -0.05) is 18.2 Å². The van der Waals surface area contributed by atoms with Gasteiger partial charge in [-0.3, -0.25) is 4.55 Å². The molecule has 0 aliphatic carbocycles. The number of carbonyl (C=O) groups is 1. The molecule has 3 N–H and O–H groups in total. The van der Waals surface area contributed by atoms with E-state index >= 15 is 0 Å². The van der Waals surface area contributed by atoms with Crippen LogP contribution in [0.5, 0.6) is 0 Å². The van der Waals surface area contributed by atoms with Gasteiger partial charge in [0.2, 0.25) is 0 Å². The summed E-state index contributed by atoms with van der Waals surface area (Å²) in [6.07, 6.45) is 0. The van der Waals surface area contributed by atoms with Gasteiger partial charge in [-0.15, -0.1) is 0 Å². The molecule has 2 aromatic rings. The van der Waals surface area contributed by atoms with Crippen LogP contribution < -0.4 is 5.32 Å². The molecule has 0 unspecified atom stereocenters. The predicted octanol–water partition coefficient (Wildman–Crippen LogP) is 2.38. The maximum Gasteiger partial charge on any atom is 0.337 e. The van der Waals surface area contributed by atoms with Crippen LogP contribution in [0.4, 0.5) is 11.4 Å². The molecule has 0 atom stereocenters. The molecule has 0 spiro atoms. The van der Waals surface area contributed by atoms with Gasteiger partial charge in [0.05, 0.1) is 16.1 Å². The maximum absolute atomic E-state index is 11.1. The van der Waals surface area contributed by atoms with Crippen molar-refractivity contribution in [3.8, 4) is 0 Å². The molecule has 0 aliphatic heterocycles. The van der Waals surface area contributed by atoms with Crippen molar-refractivity contribution in [2.24, 2.45) is 0 Å². The lowest BCUT2D eigenvalue weighted by atomic mass is 10.1. The highest BCUT2D eigenvalue weighted by atomic mass is 32.2. The molecule has 2 aromatic carbocycles. The summed E-state index contributed by atoms with van der Waals surface area (Å²) in [7, 11) is -4.30. The minimum atomic E-state index is -4.30. The lowest BCUT2D eigenvalue weighted by Gasteiger charge is -2.10. The monoisotopic (exact) mass is 293 g/mol. The van der Waals surface area contributed by atoms with E-state index in [2.05, 4.69) is 5.32 Å². The smallest absolute Gasteiger partial charge is 0.337 e. The SMILES string of the molecule is O=C(O)c1ccccc1Nc1cccc(S(=O)(=O)O)c1. The molecule has 0 heterocycles. The van der Waals surface area contributed by atoms with E-state index in [1.807, 2.05) is 0 Å². The lowest BCUT2D eigenvalue weighted by molar-refractivity contribution is 0.0698. The topological polar surface area (TPSA) is 104 Å². The van der Waals surface area contributed by atoms with Crippen LogP contribution in [0.2, 0.25) is 0 Å². The van der Waals surface area contributed by atoms with Crippen LogP contribution >= 0.6 is 0 Å². The molecule has 6 nitrogen and oxygen atoms in total. The number of carboxylic acid groups (broad SMARTS) is 1. The van der Waals surface area contributed by atoms with Crippen LogP contribution in [-0.2, 0) is 10.1 Å². The summed E-state index contributed by atoms with van der Waals surface area (Å²) in [4.78, 5) is 10.8. The zero-order valence-corrected chi connectivity index (χ0v) is 11.0. The second-order valence-electron chi connectivity index (χ2n) is 3.98. The molecule has 0 amide bonds. The van der Waals surface area contributed by atoms with E-state index in [0.29, 0.717) is 11.4 Å². The second kappa shape index (κ2) is 5.32. The largest absolute Gasteiger partial charge is 0.478 e. The summed E-state index contributed by atoms with van der Waals surface area (Å²) in [5, 5.41) is 11.9. The highest BCUT2D eigenvalue weighted by molar-refractivity contribution is 7.85. The summed E-state index contributed by atoms with van der Waals surface area (Å²) in [6, 6.07) is 11.7. The Morgan fingerprint density at radius 2 is 1.75 bits per heavy atom. The fraction of sp³-hybridized carbons (Fsp3) is 0. The highest BCUT2D eigenvalue weighted by Crippen LogP contribution is 2.22. The van der Waals surface area contributed by atoms with E-state index in [-0.39, 0.29) is 10.5 Å². The average Bonchev–Trinajstić information content (AvgIpc) is 2.38. The first kappa shape index (κ1) is 14.0. The van der Waals surface area contributed by atoms with E-state index in [0.717, 1.165) is 0 Å². The van der Waals surface area contributed by atoms with E-state index in [1.54, 1.807) is 24.3 Å². The number of hydrogen-bond donors (Lipinski definition) is 3. The lowest BCUT2D eigenvalue weighted by Crippen LogP contribution is -2.03. The van der Waals surface area contributed by atoms with E-state index in [9.17, 15) is 13.2 Å². The predicted molar refractivity (Wildman–Crippen MR) is 72.9 cm³/mol. The number of nitrogens with one attached hydrogen (secondary N) is 1. The molecular weight excluding hydrogens is 282 g/mol. The first-order valence-electron chi connectivity index (χ1n) is 5.55. The molecule has 20 heavy (non-hydrogen) atoms. The van der Waals surface area contributed by atoms with Crippen molar-refractivity contribution in [1.82, 2.24) is 0 Å². The van der Waals surface area contributed by atoms with Crippen molar-refractivity contribution < 1.29 is 22.9 Å². The Morgan fingerprint density at radius 1 is 1.05 bits per heavy atom. The van der Waals surface area contributed by atoms with Gasteiger partial charge >= 0.3 is 5.97 Å². The van der Waals surface area contributed by atoms with Gasteiger partial charge in [0.15, 0.2) is 0 Å². The third-order valence-electron chi connectivity index (χ3n) is 2.57. The Balaban J connectivity index is 2.39. The number of carboxylic acids is 1. The summed E-state index contributed by atoms with van der Waals surface area (Å²) in [5.41, 5.74) is 0.742. The Labute approximate surface area is 115 Å². The third-order valence-corrected chi connectivity index (χ3v) is 3.42. The molecule has 2 rings (SSSR count). The van der Waals surface area contributed by atoms with E-state index < -0.39 is 16.1 Å².